The summed E-state index contributed by atoms with van der Waals surface area (Å²) in [6, 6.07) is 8.06. The fraction of sp³-hybridized carbons (Fsp3) is 0.611. The van der Waals surface area contributed by atoms with E-state index in [2.05, 4.69) is 16.3 Å². The molecule has 0 bridgehead atoms. The zero-order chi connectivity index (χ0) is 16.1. The summed E-state index contributed by atoms with van der Waals surface area (Å²) in [4.78, 5) is 16.5. The van der Waals surface area contributed by atoms with E-state index in [1.165, 1.54) is 25.7 Å². The van der Waals surface area contributed by atoms with Gasteiger partial charge in [0.2, 0.25) is 0 Å². The van der Waals surface area contributed by atoms with Crippen LogP contribution in [0.1, 0.15) is 25.7 Å². The Hall–Kier alpha value is -1.75. The van der Waals surface area contributed by atoms with Crippen molar-refractivity contribution in [3.05, 3.63) is 24.3 Å². The van der Waals surface area contributed by atoms with Gasteiger partial charge in [0.1, 0.15) is 0 Å². The second-order valence-electron chi connectivity index (χ2n) is 6.61. The minimum absolute atomic E-state index is 0.0176. The van der Waals surface area contributed by atoms with Gasteiger partial charge in [-0.2, -0.15) is 0 Å². The van der Waals surface area contributed by atoms with Crippen molar-refractivity contribution in [2.45, 2.75) is 25.7 Å². The van der Waals surface area contributed by atoms with E-state index in [0.29, 0.717) is 5.92 Å². The number of hydrogen-bond donors (Lipinski definition) is 1. The number of nitrogens with one attached hydrogen (secondary N) is 1. The Balaban J connectivity index is 1.57. The fourth-order valence-corrected chi connectivity index (χ4v) is 3.48. The Bertz CT molecular complexity index is 523. The molecule has 1 aliphatic carbocycles. The maximum Gasteiger partial charge on any atom is 0.321 e. The summed E-state index contributed by atoms with van der Waals surface area (Å²) in [5, 5.41) is 3.02. The topological polar surface area (TPSA) is 44.8 Å². The molecule has 1 aromatic carbocycles. The van der Waals surface area contributed by atoms with Crippen LogP contribution in [0.15, 0.2) is 24.3 Å². The molecule has 1 saturated carbocycles. The highest BCUT2D eigenvalue weighted by Gasteiger charge is 2.19. The molecule has 0 aromatic heterocycles. The summed E-state index contributed by atoms with van der Waals surface area (Å²) in [5.41, 5.74) is 2.00. The highest BCUT2D eigenvalue weighted by Crippen LogP contribution is 2.25. The number of hydrogen-bond acceptors (Lipinski definition) is 3. The van der Waals surface area contributed by atoms with Crippen molar-refractivity contribution in [1.82, 2.24) is 4.90 Å². The number of benzene rings is 1. The number of nitrogens with zero attached hydrogens (tertiary/aromatic N) is 2. The van der Waals surface area contributed by atoms with Crippen LogP contribution in [0.3, 0.4) is 0 Å². The van der Waals surface area contributed by atoms with Crippen LogP contribution in [0.25, 0.3) is 0 Å². The quantitative estimate of drug-likeness (QED) is 0.927. The molecule has 0 radical (unpaired) electrons. The minimum atomic E-state index is -0.0176. The summed E-state index contributed by atoms with van der Waals surface area (Å²) in [6.07, 6.45) is 5.12. The smallest absolute Gasteiger partial charge is 0.321 e. The monoisotopic (exact) mass is 317 g/mol. The molecule has 23 heavy (non-hydrogen) atoms. The zero-order valence-corrected chi connectivity index (χ0v) is 14.0. The molecule has 1 saturated heterocycles. The molecule has 1 N–H and O–H groups in total. The van der Waals surface area contributed by atoms with Gasteiger partial charge in [-0.25, -0.2) is 4.79 Å². The molecule has 2 fully saturated rings. The fourth-order valence-electron chi connectivity index (χ4n) is 3.48. The van der Waals surface area contributed by atoms with Crippen LogP contribution in [0, 0.1) is 5.92 Å². The van der Waals surface area contributed by atoms with Gasteiger partial charge in [0.25, 0.3) is 0 Å². The van der Waals surface area contributed by atoms with Crippen LogP contribution in [-0.4, -0.2) is 50.8 Å². The number of morpholine rings is 1. The van der Waals surface area contributed by atoms with E-state index in [0.717, 1.165) is 44.2 Å². The van der Waals surface area contributed by atoms with Gasteiger partial charge in [0.05, 0.1) is 13.2 Å². The van der Waals surface area contributed by atoms with E-state index in [1.54, 1.807) is 0 Å². The average Bonchev–Trinajstić information content (AvgIpc) is 3.09. The highest BCUT2D eigenvalue weighted by molar-refractivity contribution is 5.89. The largest absolute Gasteiger partial charge is 0.378 e. The van der Waals surface area contributed by atoms with E-state index in [9.17, 15) is 4.79 Å². The maximum absolute atomic E-state index is 12.4. The van der Waals surface area contributed by atoms with Crippen molar-refractivity contribution in [2.75, 3.05) is 50.1 Å². The molecule has 5 nitrogen and oxygen atoms in total. The van der Waals surface area contributed by atoms with Gasteiger partial charge < -0.3 is 19.9 Å². The molecule has 126 valence electrons. The highest BCUT2D eigenvalue weighted by atomic mass is 16.5. The van der Waals surface area contributed by atoms with E-state index < -0.39 is 0 Å². The molecule has 3 rings (SSSR count). The van der Waals surface area contributed by atoms with E-state index in [4.69, 9.17) is 4.74 Å². The van der Waals surface area contributed by atoms with Gasteiger partial charge in [-0.15, -0.1) is 0 Å². The normalized spacial score (nSPS) is 18.9. The molecule has 5 heteroatoms. The van der Waals surface area contributed by atoms with Crippen molar-refractivity contribution < 1.29 is 9.53 Å². The van der Waals surface area contributed by atoms with Crippen molar-refractivity contribution >= 4 is 17.4 Å². The Labute approximate surface area is 138 Å². The standard InChI is InChI=1S/C18H27N3O2/c1-20(14-15-5-2-3-6-15)18(22)19-16-7-4-8-17(13-16)21-9-11-23-12-10-21/h4,7-8,13,15H,2-3,5-6,9-12,14H2,1H3,(H,19,22). The maximum atomic E-state index is 12.4. The van der Waals surface area contributed by atoms with Crippen LogP contribution < -0.4 is 10.2 Å². The first kappa shape index (κ1) is 16.1. The number of carbonyl (C=O) groups is 1. The summed E-state index contributed by atoms with van der Waals surface area (Å²) in [5.74, 6) is 0.672. The SMILES string of the molecule is CN(CC1CCCC1)C(=O)Nc1cccc(N2CCOCC2)c1. The lowest BCUT2D eigenvalue weighted by atomic mass is 10.1. The molecule has 0 atom stereocenters. The van der Waals surface area contributed by atoms with Gasteiger partial charge in [-0.05, 0) is 37.0 Å². The Morgan fingerprint density at radius 1 is 1.30 bits per heavy atom. The Morgan fingerprint density at radius 2 is 2.04 bits per heavy atom. The lowest BCUT2D eigenvalue weighted by molar-refractivity contribution is 0.122. The first-order chi connectivity index (χ1) is 11.2. The Morgan fingerprint density at radius 3 is 2.78 bits per heavy atom. The number of rotatable bonds is 4. The number of carbonyl (C=O) groups excluding carboxylic acids is 1. The van der Waals surface area contributed by atoms with Crippen LogP contribution in [0.5, 0.6) is 0 Å². The van der Waals surface area contributed by atoms with Crippen LogP contribution >= 0.6 is 0 Å². The second kappa shape index (κ2) is 7.68. The first-order valence-electron chi connectivity index (χ1n) is 8.67. The molecular formula is C18H27N3O2. The Kier molecular flexibility index (Phi) is 5.39. The van der Waals surface area contributed by atoms with Crippen molar-refractivity contribution in [3.63, 3.8) is 0 Å². The predicted molar refractivity (Wildman–Crippen MR) is 93.1 cm³/mol. The summed E-state index contributed by atoms with van der Waals surface area (Å²) >= 11 is 0. The van der Waals surface area contributed by atoms with Crippen molar-refractivity contribution in [2.24, 2.45) is 5.92 Å². The number of urea groups is 1. The van der Waals surface area contributed by atoms with E-state index in [1.807, 2.05) is 30.1 Å². The number of amides is 2. The molecule has 1 aliphatic heterocycles. The van der Waals surface area contributed by atoms with Crippen LogP contribution in [0.4, 0.5) is 16.2 Å². The molecule has 0 spiro atoms. The van der Waals surface area contributed by atoms with Crippen LogP contribution in [0.2, 0.25) is 0 Å². The zero-order valence-electron chi connectivity index (χ0n) is 14.0. The summed E-state index contributed by atoms with van der Waals surface area (Å²) in [6.45, 7) is 4.19. The molecule has 1 heterocycles. The van der Waals surface area contributed by atoms with Gasteiger partial charge in [0.15, 0.2) is 0 Å². The lowest BCUT2D eigenvalue weighted by Gasteiger charge is -2.29. The molecule has 0 unspecified atom stereocenters. The third kappa shape index (κ3) is 4.38. The van der Waals surface area contributed by atoms with Gasteiger partial charge in [-0.3, -0.25) is 0 Å². The van der Waals surface area contributed by atoms with Crippen LogP contribution in [-0.2, 0) is 4.74 Å². The van der Waals surface area contributed by atoms with E-state index in [-0.39, 0.29) is 6.03 Å². The summed E-state index contributed by atoms with van der Waals surface area (Å²) < 4.78 is 5.39. The predicted octanol–water partition coefficient (Wildman–Crippen LogP) is 3.18. The second-order valence-corrected chi connectivity index (χ2v) is 6.61. The van der Waals surface area contributed by atoms with E-state index >= 15 is 0 Å². The van der Waals surface area contributed by atoms with Crippen molar-refractivity contribution in [3.8, 4) is 0 Å². The third-order valence-corrected chi connectivity index (χ3v) is 4.83. The summed E-state index contributed by atoms with van der Waals surface area (Å²) in [7, 11) is 1.89. The minimum Gasteiger partial charge on any atom is -0.378 e. The third-order valence-electron chi connectivity index (χ3n) is 4.83. The van der Waals surface area contributed by atoms with Gasteiger partial charge in [-0.1, -0.05) is 18.9 Å². The first-order valence-corrected chi connectivity index (χ1v) is 8.67. The number of ether oxygens (including phenoxy) is 1. The van der Waals surface area contributed by atoms with Gasteiger partial charge in [0, 0.05) is 38.1 Å². The number of anilines is 2. The van der Waals surface area contributed by atoms with Gasteiger partial charge >= 0.3 is 6.03 Å². The molecule has 2 amide bonds. The average molecular weight is 317 g/mol. The van der Waals surface area contributed by atoms with Crippen molar-refractivity contribution in [1.29, 1.82) is 0 Å². The molecule has 1 aromatic rings. The lowest BCUT2D eigenvalue weighted by Crippen LogP contribution is -2.36. The molecular weight excluding hydrogens is 290 g/mol. The molecule has 2 aliphatic rings.